The van der Waals surface area contributed by atoms with Crippen molar-refractivity contribution >= 4 is 33.3 Å². The molecule has 1 aliphatic heterocycles. The SMILES string of the molecule is O=C1NC(=O)c2ccc(Br)cc2/C1=C/NCc1cccnc1. The molecule has 0 saturated carbocycles. The summed E-state index contributed by atoms with van der Waals surface area (Å²) in [7, 11) is 0. The van der Waals surface area contributed by atoms with Crippen LogP contribution in [0.15, 0.2) is 53.4 Å². The van der Waals surface area contributed by atoms with Gasteiger partial charge in [0.15, 0.2) is 0 Å². The molecule has 0 saturated heterocycles. The van der Waals surface area contributed by atoms with Crippen molar-refractivity contribution in [2.75, 3.05) is 0 Å². The van der Waals surface area contributed by atoms with Crippen molar-refractivity contribution in [2.45, 2.75) is 6.54 Å². The van der Waals surface area contributed by atoms with Gasteiger partial charge < -0.3 is 5.32 Å². The van der Waals surface area contributed by atoms with Crippen LogP contribution in [-0.2, 0) is 11.3 Å². The van der Waals surface area contributed by atoms with Crippen molar-refractivity contribution in [3.05, 3.63) is 70.1 Å². The largest absolute Gasteiger partial charge is 0.386 e. The average molecular weight is 358 g/mol. The molecular weight excluding hydrogens is 346 g/mol. The van der Waals surface area contributed by atoms with Crippen molar-refractivity contribution in [1.29, 1.82) is 0 Å². The lowest BCUT2D eigenvalue weighted by molar-refractivity contribution is -0.114. The van der Waals surface area contributed by atoms with Crippen molar-refractivity contribution in [1.82, 2.24) is 15.6 Å². The first-order chi connectivity index (χ1) is 10.6. The van der Waals surface area contributed by atoms with E-state index in [1.807, 2.05) is 12.1 Å². The van der Waals surface area contributed by atoms with Gasteiger partial charge in [-0.15, -0.1) is 0 Å². The number of carbonyl (C=O) groups is 2. The number of carbonyl (C=O) groups excluding carboxylic acids is 2. The fraction of sp³-hybridized carbons (Fsp3) is 0.0625. The Morgan fingerprint density at radius 2 is 2.05 bits per heavy atom. The molecule has 0 spiro atoms. The Balaban J connectivity index is 1.88. The number of pyridine rings is 1. The van der Waals surface area contributed by atoms with E-state index in [1.165, 1.54) is 0 Å². The molecule has 0 aliphatic carbocycles. The third-order valence-corrected chi connectivity index (χ3v) is 3.76. The number of hydrogen-bond acceptors (Lipinski definition) is 4. The first-order valence-corrected chi connectivity index (χ1v) is 7.42. The van der Waals surface area contributed by atoms with Gasteiger partial charge in [0.1, 0.15) is 0 Å². The first-order valence-electron chi connectivity index (χ1n) is 6.63. The third-order valence-electron chi connectivity index (χ3n) is 3.26. The summed E-state index contributed by atoms with van der Waals surface area (Å²) in [4.78, 5) is 27.9. The minimum atomic E-state index is -0.408. The molecule has 0 bridgehead atoms. The molecule has 0 radical (unpaired) electrons. The van der Waals surface area contributed by atoms with Crippen LogP contribution < -0.4 is 10.6 Å². The maximum atomic E-state index is 12.1. The topological polar surface area (TPSA) is 71.1 Å². The van der Waals surface area contributed by atoms with Crippen LogP contribution in [0.3, 0.4) is 0 Å². The van der Waals surface area contributed by atoms with E-state index < -0.39 is 5.91 Å². The van der Waals surface area contributed by atoms with Gasteiger partial charge in [-0.05, 0) is 29.8 Å². The fourth-order valence-corrected chi connectivity index (χ4v) is 2.58. The van der Waals surface area contributed by atoms with E-state index in [0.717, 1.165) is 10.0 Å². The zero-order valence-corrected chi connectivity index (χ0v) is 13.1. The summed E-state index contributed by atoms with van der Waals surface area (Å²) in [5.41, 5.74) is 2.53. The van der Waals surface area contributed by atoms with E-state index in [4.69, 9.17) is 0 Å². The summed E-state index contributed by atoms with van der Waals surface area (Å²) in [6.45, 7) is 0.544. The standard InChI is InChI=1S/C16H12BrN3O2/c17-11-3-4-12-13(6-11)14(16(22)20-15(12)21)9-19-8-10-2-1-5-18-7-10/h1-7,9,19H,8H2,(H,20,21,22)/b14-9-. The molecule has 2 aromatic rings. The highest BCUT2D eigenvalue weighted by atomic mass is 79.9. The number of amides is 2. The molecular formula is C16H12BrN3O2. The Morgan fingerprint density at radius 1 is 1.18 bits per heavy atom. The Bertz CT molecular complexity index is 772. The lowest BCUT2D eigenvalue weighted by Gasteiger charge is -2.18. The molecule has 2 N–H and O–H groups in total. The van der Waals surface area contributed by atoms with Crippen LogP contribution in [0.25, 0.3) is 5.57 Å². The molecule has 110 valence electrons. The highest BCUT2D eigenvalue weighted by Crippen LogP contribution is 2.26. The van der Waals surface area contributed by atoms with E-state index in [-0.39, 0.29) is 5.91 Å². The van der Waals surface area contributed by atoms with Crippen LogP contribution >= 0.6 is 15.9 Å². The van der Waals surface area contributed by atoms with E-state index in [2.05, 4.69) is 31.5 Å². The molecule has 2 amide bonds. The van der Waals surface area contributed by atoms with Crippen LogP contribution in [0.2, 0.25) is 0 Å². The number of imide groups is 1. The molecule has 6 heteroatoms. The quantitative estimate of drug-likeness (QED) is 0.652. The zero-order chi connectivity index (χ0) is 15.5. The van der Waals surface area contributed by atoms with Crippen molar-refractivity contribution in [3.8, 4) is 0 Å². The molecule has 0 unspecified atom stereocenters. The van der Waals surface area contributed by atoms with Crippen LogP contribution in [0, 0.1) is 0 Å². The molecule has 5 nitrogen and oxygen atoms in total. The summed E-state index contributed by atoms with van der Waals surface area (Å²) in [5, 5.41) is 5.43. The lowest BCUT2D eigenvalue weighted by Crippen LogP contribution is -2.37. The van der Waals surface area contributed by atoms with Crippen molar-refractivity contribution in [3.63, 3.8) is 0 Å². The van der Waals surface area contributed by atoms with Gasteiger partial charge in [-0.2, -0.15) is 0 Å². The van der Waals surface area contributed by atoms with Crippen LogP contribution in [-0.4, -0.2) is 16.8 Å². The number of nitrogens with one attached hydrogen (secondary N) is 2. The summed E-state index contributed by atoms with van der Waals surface area (Å²) in [6.07, 6.45) is 5.08. The number of rotatable bonds is 3. The van der Waals surface area contributed by atoms with Gasteiger partial charge >= 0.3 is 0 Å². The number of benzene rings is 1. The van der Waals surface area contributed by atoms with Gasteiger partial charge in [-0.25, -0.2) is 0 Å². The maximum Gasteiger partial charge on any atom is 0.260 e. The van der Waals surface area contributed by atoms with Gasteiger partial charge in [0, 0.05) is 40.7 Å². The Hall–Kier alpha value is -2.47. The molecule has 3 rings (SSSR count). The van der Waals surface area contributed by atoms with E-state index in [0.29, 0.717) is 23.2 Å². The van der Waals surface area contributed by atoms with E-state index in [1.54, 1.807) is 36.8 Å². The second-order valence-electron chi connectivity index (χ2n) is 4.77. The van der Waals surface area contributed by atoms with Crippen molar-refractivity contribution in [2.24, 2.45) is 0 Å². The molecule has 22 heavy (non-hydrogen) atoms. The smallest absolute Gasteiger partial charge is 0.260 e. The van der Waals surface area contributed by atoms with Crippen molar-refractivity contribution < 1.29 is 9.59 Å². The minimum absolute atomic E-state index is 0.378. The van der Waals surface area contributed by atoms with Crippen LogP contribution in [0.5, 0.6) is 0 Å². The fourth-order valence-electron chi connectivity index (χ4n) is 2.21. The monoisotopic (exact) mass is 357 g/mol. The Kier molecular flexibility index (Phi) is 4.02. The predicted molar refractivity (Wildman–Crippen MR) is 85.7 cm³/mol. The van der Waals surface area contributed by atoms with Gasteiger partial charge in [-0.1, -0.05) is 22.0 Å². The first kappa shape index (κ1) is 14.5. The zero-order valence-electron chi connectivity index (χ0n) is 11.5. The van der Waals surface area contributed by atoms with Crippen LogP contribution in [0.4, 0.5) is 0 Å². The highest BCUT2D eigenvalue weighted by molar-refractivity contribution is 9.10. The van der Waals surface area contributed by atoms with Crippen LogP contribution in [0.1, 0.15) is 21.5 Å². The molecule has 0 fully saturated rings. The molecule has 1 aromatic carbocycles. The number of hydrogen-bond donors (Lipinski definition) is 2. The number of aromatic nitrogens is 1. The number of halogens is 1. The summed E-state index contributed by atoms with van der Waals surface area (Å²) >= 11 is 3.36. The second kappa shape index (κ2) is 6.11. The molecule has 0 atom stereocenters. The summed E-state index contributed by atoms with van der Waals surface area (Å²) < 4.78 is 0.812. The van der Waals surface area contributed by atoms with E-state index in [9.17, 15) is 9.59 Å². The summed E-state index contributed by atoms with van der Waals surface area (Å²) in [5.74, 6) is -0.786. The van der Waals surface area contributed by atoms with Gasteiger partial charge in [0.05, 0.1) is 5.57 Å². The molecule has 1 aliphatic rings. The molecule has 2 heterocycles. The second-order valence-corrected chi connectivity index (χ2v) is 5.69. The summed E-state index contributed by atoms with van der Waals surface area (Å²) in [6, 6.07) is 9.02. The predicted octanol–water partition coefficient (Wildman–Crippen LogP) is 2.24. The highest BCUT2D eigenvalue weighted by Gasteiger charge is 2.27. The maximum absolute atomic E-state index is 12.1. The average Bonchev–Trinajstić information content (AvgIpc) is 2.51. The number of fused-ring (bicyclic) bond motifs is 1. The third kappa shape index (κ3) is 2.92. The normalized spacial score (nSPS) is 15.4. The van der Waals surface area contributed by atoms with Gasteiger partial charge in [0.25, 0.3) is 11.8 Å². The minimum Gasteiger partial charge on any atom is -0.386 e. The molecule has 1 aromatic heterocycles. The van der Waals surface area contributed by atoms with E-state index >= 15 is 0 Å². The number of nitrogens with zero attached hydrogens (tertiary/aromatic N) is 1. The Morgan fingerprint density at radius 3 is 2.82 bits per heavy atom. The lowest BCUT2D eigenvalue weighted by atomic mass is 9.95. The van der Waals surface area contributed by atoms with Gasteiger partial charge in [0.2, 0.25) is 0 Å². The Labute approximate surface area is 135 Å². The van der Waals surface area contributed by atoms with Gasteiger partial charge in [-0.3, -0.25) is 19.9 Å².